The molecule has 0 aromatic rings. The minimum atomic E-state index is -0.0543. The fourth-order valence-corrected chi connectivity index (χ4v) is 2.96. The highest BCUT2D eigenvalue weighted by Crippen LogP contribution is 2.21. The number of piperazine rings is 1. The van der Waals surface area contributed by atoms with Crippen LogP contribution in [-0.4, -0.2) is 54.5 Å². The molecule has 2 aliphatic rings. The van der Waals surface area contributed by atoms with Crippen LogP contribution in [0.4, 0.5) is 0 Å². The van der Waals surface area contributed by atoms with E-state index in [1.165, 1.54) is 38.9 Å². The van der Waals surface area contributed by atoms with E-state index in [0.717, 1.165) is 25.6 Å². The zero-order valence-corrected chi connectivity index (χ0v) is 10.5. The first-order valence-electron chi connectivity index (χ1n) is 6.75. The van der Waals surface area contributed by atoms with Gasteiger partial charge < -0.3 is 4.90 Å². The van der Waals surface area contributed by atoms with Crippen LogP contribution in [0.25, 0.3) is 0 Å². The van der Waals surface area contributed by atoms with Crippen LogP contribution in [-0.2, 0) is 4.79 Å². The predicted molar refractivity (Wildman–Crippen MR) is 67.2 cm³/mol. The fraction of sp³-hybridized carbons (Fsp3) is 0.917. The zero-order chi connectivity index (χ0) is 12.1. The van der Waals surface area contributed by atoms with Gasteiger partial charge in [0.05, 0.1) is 0 Å². The number of hydrogen-bond acceptors (Lipinski definition) is 4. The molecule has 0 bridgehead atoms. The molecule has 0 saturated carbocycles. The van der Waals surface area contributed by atoms with E-state index < -0.39 is 0 Å². The molecule has 0 aliphatic carbocycles. The van der Waals surface area contributed by atoms with Gasteiger partial charge in [0.1, 0.15) is 0 Å². The number of nitrogens with one attached hydrogen (secondary N) is 1. The molecule has 0 aromatic carbocycles. The van der Waals surface area contributed by atoms with E-state index in [4.69, 9.17) is 5.84 Å². The molecule has 3 N–H and O–H groups in total. The van der Waals surface area contributed by atoms with Crippen molar-refractivity contribution in [3.63, 3.8) is 0 Å². The molecule has 17 heavy (non-hydrogen) atoms. The van der Waals surface area contributed by atoms with Crippen LogP contribution < -0.4 is 11.3 Å². The van der Waals surface area contributed by atoms with E-state index in [-0.39, 0.29) is 5.91 Å². The van der Waals surface area contributed by atoms with Crippen LogP contribution >= 0.6 is 0 Å². The SMILES string of the molecule is NNC(=O)CCCN1CCN2CCCCC2C1. The van der Waals surface area contributed by atoms with Gasteiger partial charge in [-0.1, -0.05) is 6.42 Å². The molecule has 5 nitrogen and oxygen atoms in total. The molecule has 2 rings (SSSR count). The first-order chi connectivity index (χ1) is 8.29. The van der Waals surface area contributed by atoms with Crippen molar-refractivity contribution in [2.24, 2.45) is 5.84 Å². The van der Waals surface area contributed by atoms with Gasteiger partial charge in [0.2, 0.25) is 5.91 Å². The second-order valence-electron chi connectivity index (χ2n) is 5.16. The second kappa shape index (κ2) is 6.33. The number of hydrogen-bond donors (Lipinski definition) is 2. The summed E-state index contributed by atoms with van der Waals surface area (Å²) in [6.07, 6.45) is 5.55. The molecular formula is C12H24N4O. The number of amides is 1. The zero-order valence-electron chi connectivity index (χ0n) is 10.5. The lowest BCUT2D eigenvalue weighted by Gasteiger charge is -2.44. The van der Waals surface area contributed by atoms with E-state index in [1.807, 2.05) is 0 Å². The molecule has 98 valence electrons. The lowest BCUT2D eigenvalue weighted by Crippen LogP contribution is -2.54. The van der Waals surface area contributed by atoms with Gasteiger partial charge in [-0.05, 0) is 32.4 Å². The van der Waals surface area contributed by atoms with E-state index in [1.54, 1.807) is 0 Å². The third kappa shape index (κ3) is 3.66. The predicted octanol–water partition coefficient (Wildman–Crippen LogP) is -0.0734. The third-order valence-electron chi connectivity index (χ3n) is 3.96. The highest BCUT2D eigenvalue weighted by molar-refractivity contribution is 5.75. The Labute approximate surface area is 103 Å². The molecule has 0 radical (unpaired) electrons. The van der Waals surface area contributed by atoms with Gasteiger partial charge in [0.15, 0.2) is 0 Å². The Hall–Kier alpha value is -0.650. The average molecular weight is 240 g/mol. The number of nitrogens with zero attached hydrogens (tertiary/aromatic N) is 2. The molecule has 2 saturated heterocycles. The summed E-state index contributed by atoms with van der Waals surface area (Å²) in [5.74, 6) is 5.00. The van der Waals surface area contributed by atoms with Crippen LogP contribution in [0.2, 0.25) is 0 Å². The van der Waals surface area contributed by atoms with Crippen LogP contribution in [0.1, 0.15) is 32.1 Å². The molecule has 0 aromatic heterocycles. The van der Waals surface area contributed by atoms with E-state index >= 15 is 0 Å². The number of fused-ring (bicyclic) bond motifs is 1. The summed E-state index contributed by atoms with van der Waals surface area (Å²) < 4.78 is 0. The maximum absolute atomic E-state index is 11.0. The molecular weight excluding hydrogens is 216 g/mol. The molecule has 2 aliphatic heterocycles. The standard InChI is InChI=1S/C12H24N4O/c13-14-12(17)5-3-6-15-8-9-16-7-2-1-4-11(16)10-15/h11H,1-10,13H2,(H,14,17). The molecule has 5 heteroatoms. The van der Waals surface area contributed by atoms with Gasteiger partial charge in [0.25, 0.3) is 0 Å². The Kier molecular flexibility index (Phi) is 4.76. The summed E-state index contributed by atoms with van der Waals surface area (Å²) in [7, 11) is 0. The van der Waals surface area contributed by atoms with E-state index in [9.17, 15) is 4.79 Å². The summed E-state index contributed by atoms with van der Waals surface area (Å²) in [5, 5.41) is 0. The van der Waals surface area contributed by atoms with Crippen LogP contribution in [0, 0.1) is 0 Å². The minimum absolute atomic E-state index is 0.0543. The molecule has 2 heterocycles. The van der Waals surface area contributed by atoms with Crippen molar-refractivity contribution in [1.29, 1.82) is 0 Å². The summed E-state index contributed by atoms with van der Waals surface area (Å²) in [6, 6.07) is 0.765. The molecule has 1 unspecified atom stereocenters. The first kappa shape index (κ1) is 12.8. The van der Waals surface area contributed by atoms with E-state index in [0.29, 0.717) is 6.42 Å². The monoisotopic (exact) mass is 240 g/mol. The number of nitrogens with two attached hydrogens (primary N) is 1. The lowest BCUT2D eigenvalue weighted by atomic mass is 9.99. The van der Waals surface area contributed by atoms with Crippen LogP contribution in [0.15, 0.2) is 0 Å². The first-order valence-corrected chi connectivity index (χ1v) is 6.75. The number of piperidine rings is 1. The second-order valence-corrected chi connectivity index (χ2v) is 5.16. The van der Waals surface area contributed by atoms with Gasteiger partial charge in [-0.2, -0.15) is 0 Å². The summed E-state index contributed by atoms with van der Waals surface area (Å²) >= 11 is 0. The van der Waals surface area contributed by atoms with Crippen molar-refractivity contribution in [3.05, 3.63) is 0 Å². The van der Waals surface area contributed by atoms with Crippen molar-refractivity contribution in [1.82, 2.24) is 15.2 Å². The maximum Gasteiger partial charge on any atom is 0.233 e. The fourth-order valence-electron chi connectivity index (χ4n) is 2.96. The lowest BCUT2D eigenvalue weighted by molar-refractivity contribution is -0.121. The van der Waals surface area contributed by atoms with E-state index in [2.05, 4.69) is 15.2 Å². The highest BCUT2D eigenvalue weighted by Gasteiger charge is 2.28. The Morgan fingerprint density at radius 1 is 1.29 bits per heavy atom. The number of rotatable bonds is 4. The molecule has 1 atom stereocenters. The Balaban J connectivity index is 1.67. The number of hydrazine groups is 1. The maximum atomic E-state index is 11.0. The highest BCUT2D eigenvalue weighted by atomic mass is 16.2. The number of carbonyl (C=O) groups excluding carboxylic acids is 1. The van der Waals surface area contributed by atoms with Gasteiger partial charge in [-0.3, -0.25) is 15.1 Å². The van der Waals surface area contributed by atoms with Crippen LogP contribution in [0.3, 0.4) is 0 Å². The Morgan fingerprint density at radius 2 is 2.18 bits per heavy atom. The number of carbonyl (C=O) groups is 1. The quantitative estimate of drug-likeness (QED) is 0.410. The van der Waals surface area contributed by atoms with Gasteiger partial charge in [-0.15, -0.1) is 0 Å². The smallest absolute Gasteiger partial charge is 0.233 e. The third-order valence-corrected chi connectivity index (χ3v) is 3.96. The summed E-state index contributed by atoms with van der Waals surface area (Å²) in [6.45, 7) is 5.85. The molecule has 0 spiro atoms. The Morgan fingerprint density at radius 3 is 3.00 bits per heavy atom. The Bertz CT molecular complexity index is 259. The van der Waals surface area contributed by atoms with Crippen molar-refractivity contribution in [2.45, 2.75) is 38.1 Å². The summed E-state index contributed by atoms with van der Waals surface area (Å²) in [5.41, 5.74) is 2.18. The van der Waals surface area contributed by atoms with Gasteiger partial charge in [-0.25, -0.2) is 5.84 Å². The average Bonchev–Trinajstić information content (AvgIpc) is 2.38. The van der Waals surface area contributed by atoms with Gasteiger partial charge in [0, 0.05) is 32.1 Å². The summed E-state index contributed by atoms with van der Waals surface area (Å²) in [4.78, 5) is 16.1. The minimum Gasteiger partial charge on any atom is -0.300 e. The van der Waals surface area contributed by atoms with Crippen molar-refractivity contribution < 1.29 is 4.79 Å². The van der Waals surface area contributed by atoms with Crippen molar-refractivity contribution in [3.8, 4) is 0 Å². The van der Waals surface area contributed by atoms with Crippen LogP contribution in [0.5, 0.6) is 0 Å². The van der Waals surface area contributed by atoms with Gasteiger partial charge >= 0.3 is 0 Å². The normalized spacial score (nSPS) is 26.5. The molecule has 1 amide bonds. The van der Waals surface area contributed by atoms with Crippen molar-refractivity contribution in [2.75, 3.05) is 32.7 Å². The van der Waals surface area contributed by atoms with Crippen molar-refractivity contribution >= 4 is 5.91 Å². The molecule has 2 fully saturated rings. The topological polar surface area (TPSA) is 61.6 Å². The largest absolute Gasteiger partial charge is 0.300 e.